The van der Waals surface area contributed by atoms with Crippen molar-refractivity contribution < 1.29 is 5.11 Å². The second-order valence-electron chi connectivity index (χ2n) is 3.60. The lowest BCUT2D eigenvalue weighted by atomic mass is 10.1. The van der Waals surface area contributed by atoms with Crippen molar-refractivity contribution in [1.29, 1.82) is 0 Å². The summed E-state index contributed by atoms with van der Waals surface area (Å²) < 4.78 is 0. The van der Waals surface area contributed by atoms with Gasteiger partial charge in [0.15, 0.2) is 5.82 Å². The molecule has 5 nitrogen and oxygen atoms in total. The summed E-state index contributed by atoms with van der Waals surface area (Å²) in [6, 6.07) is -0.100. The molecule has 0 spiro atoms. The van der Waals surface area contributed by atoms with Crippen LogP contribution in [0.1, 0.15) is 13.8 Å². The van der Waals surface area contributed by atoms with Gasteiger partial charge in [-0.1, -0.05) is 25.4 Å². The molecule has 1 atom stereocenters. The Balaban J connectivity index is 2.82. The van der Waals surface area contributed by atoms with Gasteiger partial charge in [-0.05, 0) is 5.92 Å². The number of nitrogens with one attached hydrogen (secondary N) is 1. The maximum absolute atomic E-state index is 9.14. The van der Waals surface area contributed by atoms with Gasteiger partial charge in [0.25, 0.3) is 0 Å². The Kier molecular flexibility index (Phi) is 4.11. The Bertz CT molecular complexity index is 332. The monoisotopic (exact) mass is 230 g/mol. The smallest absolute Gasteiger partial charge is 0.222 e. The fourth-order valence-corrected chi connectivity index (χ4v) is 1.23. The normalized spacial score (nSPS) is 12.9. The average Bonchev–Trinajstić information content (AvgIpc) is 2.18. The van der Waals surface area contributed by atoms with Gasteiger partial charge in [-0.3, -0.25) is 0 Å². The predicted molar refractivity (Wildman–Crippen MR) is 60.8 cm³/mol. The first-order chi connectivity index (χ1) is 7.04. The van der Waals surface area contributed by atoms with Gasteiger partial charge in [-0.25, -0.2) is 4.98 Å². The van der Waals surface area contributed by atoms with Gasteiger partial charge in [0.05, 0.1) is 18.8 Å². The fourth-order valence-electron chi connectivity index (χ4n) is 1.08. The molecule has 1 aromatic heterocycles. The van der Waals surface area contributed by atoms with Crippen LogP contribution in [0.3, 0.4) is 0 Å². The summed E-state index contributed by atoms with van der Waals surface area (Å²) in [6.45, 7) is 4.00. The highest BCUT2D eigenvalue weighted by molar-refractivity contribution is 6.32. The second kappa shape index (κ2) is 5.14. The molecule has 0 bridgehead atoms. The third-order valence-corrected chi connectivity index (χ3v) is 2.36. The standard InChI is InChI=1S/C9H15ClN4O/c1-5(2)7(4-15)13-8-6(10)3-12-9(11)14-8/h3,5,7,15H,4H2,1-2H3,(H3,11,12,13,14)/t7-/m1/s1. The molecule has 0 aliphatic rings. The number of hydrogen-bond acceptors (Lipinski definition) is 5. The van der Waals surface area contributed by atoms with Crippen molar-refractivity contribution in [2.45, 2.75) is 19.9 Å². The number of hydrogen-bond donors (Lipinski definition) is 3. The minimum Gasteiger partial charge on any atom is -0.394 e. The molecule has 0 unspecified atom stereocenters. The minimum atomic E-state index is -0.100. The zero-order valence-corrected chi connectivity index (χ0v) is 9.49. The largest absolute Gasteiger partial charge is 0.394 e. The highest BCUT2D eigenvalue weighted by Gasteiger charge is 2.14. The summed E-state index contributed by atoms with van der Waals surface area (Å²) in [7, 11) is 0. The van der Waals surface area contributed by atoms with Gasteiger partial charge in [-0.15, -0.1) is 0 Å². The summed E-state index contributed by atoms with van der Waals surface area (Å²) in [6.07, 6.45) is 1.43. The van der Waals surface area contributed by atoms with Crippen LogP contribution in [0.25, 0.3) is 0 Å². The summed E-state index contributed by atoms with van der Waals surface area (Å²) in [4.78, 5) is 7.70. The molecule has 4 N–H and O–H groups in total. The number of anilines is 2. The van der Waals surface area contributed by atoms with Crippen LogP contribution in [0.2, 0.25) is 5.02 Å². The van der Waals surface area contributed by atoms with E-state index >= 15 is 0 Å². The quantitative estimate of drug-likeness (QED) is 0.723. The van der Waals surface area contributed by atoms with Crippen LogP contribution in [-0.4, -0.2) is 27.7 Å². The lowest BCUT2D eigenvalue weighted by molar-refractivity contribution is 0.249. The van der Waals surface area contributed by atoms with E-state index in [1.54, 1.807) is 0 Å². The lowest BCUT2D eigenvalue weighted by Gasteiger charge is -2.20. The first kappa shape index (κ1) is 12.0. The maximum Gasteiger partial charge on any atom is 0.222 e. The molecule has 1 rings (SSSR count). The van der Waals surface area contributed by atoms with E-state index in [0.717, 1.165) is 0 Å². The molecule has 1 aromatic rings. The molecule has 1 heterocycles. The van der Waals surface area contributed by atoms with Crippen molar-refractivity contribution >= 4 is 23.4 Å². The summed E-state index contributed by atoms with van der Waals surface area (Å²) in [5.41, 5.74) is 5.44. The van der Waals surface area contributed by atoms with Crippen molar-refractivity contribution in [3.63, 3.8) is 0 Å². The van der Waals surface area contributed by atoms with Gasteiger partial charge in [-0.2, -0.15) is 4.98 Å². The number of aromatic nitrogens is 2. The number of halogens is 1. The summed E-state index contributed by atoms with van der Waals surface area (Å²) in [5, 5.41) is 12.6. The van der Waals surface area contributed by atoms with Gasteiger partial charge >= 0.3 is 0 Å². The molecule has 0 fully saturated rings. The van der Waals surface area contributed by atoms with Gasteiger partial charge in [0.2, 0.25) is 5.95 Å². The maximum atomic E-state index is 9.14. The van der Waals surface area contributed by atoms with E-state index in [9.17, 15) is 0 Å². The zero-order valence-electron chi connectivity index (χ0n) is 8.74. The average molecular weight is 231 g/mol. The van der Waals surface area contributed by atoms with Gasteiger partial charge < -0.3 is 16.2 Å². The van der Waals surface area contributed by atoms with Crippen LogP contribution in [0, 0.1) is 5.92 Å². The zero-order chi connectivity index (χ0) is 11.4. The molecule has 0 aromatic carbocycles. The SMILES string of the molecule is CC(C)[C@@H](CO)Nc1nc(N)ncc1Cl. The van der Waals surface area contributed by atoms with E-state index < -0.39 is 0 Å². The van der Waals surface area contributed by atoms with E-state index in [4.69, 9.17) is 22.4 Å². The Morgan fingerprint density at radius 1 is 1.60 bits per heavy atom. The first-order valence-corrected chi connectivity index (χ1v) is 5.07. The van der Waals surface area contributed by atoms with Crippen LogP contribution in [0.5, 0.6) is 0 Å². The van der Waals surface area contributed by atoms with E-state index in [1.165, 1.54) is 6.20 Å². The van der Waals surface area contributed by atoms with E-state index in [0.29, 0.717) is 10.8 Å². The van der Waals surface area contributed by atoms with E-state index in [-0.39, 0.29) is 24.5 Å². The Morgan fingerprint density at radius 3 is 2.80 bits per heavy atom. The van der Waals surface area contributed by atoms with Crippen molar-refractivity contribution in [3.8, 4) is 0 Å². The topological polar surface area (TPSA) is 84.1 Å². The van der Waals surface area contributed by atoms with Crippen molar-refractivity contribution in [3.05, 3.63) is 11.2 Å². The fraction of sp³-hybridized carbons (Fsp3) is 0.556. The molecule has 84 valence electrons. The molecule has 0 saturated heterocycles. The first-order valence-electron chi connectivity index (χ1n) is 4.70. The second-order valence-corrected chi connectivity index (χ2v) is 4.01. The van der Waals surface area contributed by atoms with Crippen molar-refractivity contribution in [2.75, 3.05) is 17.7 Å². The van der Waals surface area contributed by atoms with E-state index in [2.05, 4.69) is 15.3 Å². The van der Waals surface area contributed by atoms with Crippen molar-refractivity contribution in [1.82, 2.24) is 9.97 Å². The van der Waals surface area contributed by atoms with Crippen LogP contribution >= 0.6 is 11.6 Å². The molecule has 0 radical (unpaired) electrons. The lowest BCUT2D eigenvalue weighted by Crippen LogP contribution is -2.30. The molecule has 15 heavy (non-hydrogen) atoms. The highest BCUT2D eigenvalue weighted by Crippen LogP contribution is 2.20. The third kappa shape index (κ3) is 3.21. The Morgan fingerprint density at radius 2 is 2.27 bits per heavy atom. The molecular weight excluding hydrogens is 216 g/mol. The molecule has 0 amide bonds. The van der Waals surface area contributed by atoms with Crippen LogP contribution in [0.4, 0.5) is 11.8 Å². The predicted octanol–water partition coefficient (Wildman–Crippen LogP) is 1.14. The van der Waals surface area contributed by atoms with Crippen molar-refractivity contribution in [2.24, 2.45) is 5.92 Å². The molecular formula is C9H15ClN4O. The summed E-state index contributed by atoms with van der Waals surface area (Å²) >= 11 is 5.88. The molecule has 0 saturated carbocycles. The van der Waals surface area contributed by atoms with E-state index in [1.807, 2.05) is 13.8 Å². The van der Waals surface area contributed by atoms with Crippen LogP contribution in [-0.2, 0) is 0 Å². The summed E-state index contributed by atoms with van der Waals surface area (Å²) in [5.74, 6) is 0.876. The number of nitrogens with zero attached hydrogens (tertiary/aromatic N) is 2. The molecule has 6 heteroatoms. The number of rotatable bonds is 4. The highest BCUT2D eigenvalue weighted by atomic mass is 35.5. The van der Waals surface area contributed by atoms with Crippen LogP contribution < -0.4 is 11.1 Å². The van der Waals surface area contributed by atoms with Gasteiger partial charge in [0.1, 0.15) is 5.02 Å². The number of aliphatic hydroxyl groups is 1. The number of nitrogen functional groups attached to an aromatic ring is 1. The number of nitrogens with two attached hydrogens (primary N) is 1. The Labute approximate surface area is 93.7 Å². The van der Waals surface area contributed by atoms with Crippen LogP contribution in [0.15, 0.2) is 6.20 Å². The number of aliphatic hydroxyl groups excluding tert-OH is 1. The Hall–Kier alpha value is -1.07. The molecule has 0 aliphatic heterocycles. The molecule has 0 aliphatic carbocycles. The third-order valence-electron chi connectivity index (χ3n) is 2.09. The minimum absolute atomic E-state index is 0.0118. The van der Waals surface area contributed by atoms with Gasteiger partial charge in [0, 0.05) is 0 Å².